The van der Waals surface area contributed by atoms with Crippen molar-refractivity contribution in [3.8, 4) is 17.0 Å². The van der Waals surface area contributed by atoms with Crippen LogP contribution in [0.5, 0.6) is 5.75 Å². The number of methoxy groups -OCH3 is 1. The molecule has 0 aliphatic heterocycles. The largest absolute Gasteiger partial charge is 0.497 e. The minimum absolute atomic E-state index is 0.137. The number of carbonyl (C=O) groups is 1. The summed E-state index contributed by atoms with van der Waals surface area (Å²) < 4.78 is 5.18. The highest BCUT2D eigenvalue weighted by molar-refractivity contribution is 6.03. The predicted octanol–water partition coefficient (Wildman–Crippen LogP) is 3.01. The van der Waals surface area contributed by atoms with Crippen molar-refractivity contribution < 1.29 is 9.53 Å². The van der Waals surface area contributed by atoms with E-state index in [0.29, 0.717) is 22.7 Å². The summed E-state index contributed by atoms with van der Waals surface area (Å²) in [6, 6.07) is 16.1. The second-order valence-electron chi connectivity index (χ2n) is 5.54. The number of aromatic amines is 1. The van der Waals surface area contributed by atoms with Crippen molar-refractivity contribution in [3.05, 3.63) is 76.3 Å². The molecule has 0 spiro atoms. The molecule has 2 aromatic carbocycles. The molecule has 0 saturated heterocycles. The van der Waals surface area contributed by atoms with Crippen LogP contribution in [0, 0.1) is 6.92 Å². The van der Waals surface area contributed by atoms with Crippen LogP contribution in [0.4, 0.5) is 5.69 Å². The number of benzene rings is 2. The molecule has 2 N–H and O–H groups in total. The Hall–Kier alpha value is -3.41. The number of nitrogens with one attached hydrogen (secondary N) is 2. The monoisotopic (exact) mass is 335 g/mol. The quantitative estimate of drug-likeness (QED) is 0.767. The first-order valence-corrected chi connectivity index (χ1v) is 7.69. The maximum absolute atomic E-state index is 12.4. The van der Waals surface area contributed by atoms with Gasteiger partial charge in [0.1, 0.15) is 11.4 Å². The fourth-order valence-corrected chi connectivity index (χ4v) is 2.35. The van der Waals surface area contributed by atoms with Crippen LogP contribution in [0.25, 0.3) is 11.3 Å². The first-order chi connectivity index (χ1) is 12.0. The number of H-pyrrole nitrogens is 1. The Morgan fingerprint density at radius 2 is 1.88 bits per heavy atom. The summed E-state index contributed by atoms with van der Waals surface area (Å²) in [4.78, 5) is 30.7. The second-order valence-corrected chi connectivity index (χ2v) is 5.54. The number of nitrogens with zero attached hydrogens (tertiary/aromatic N) is 1. The molecule has 0 saturated carbocycles. The summed E-state index contributed by atoms with van der Waals surface area (Å²) in [5, 5.41) is 2.75. The third kappa shape index (κ3) is 3.92. The standard InChI is InChI=1S/C19H17N3O3/c1-12-6-8-14(9-7-12)20-18(23)17-11-16(21-19(24)22-17)13-4-3-5-15(10-13)25-2/h3-11H,1-2H3,(H,20,23)(H,21,22,24). The van der Waals surface area contributed by atoms with Gasteiger partial charge < -0.3 is 15.0 Å². The van der Waals surface area contributed by atoms with E-state index in [1.54, 1.807) is 49.6 Å². The maximum Gasteiger partial charge on any atom is 0.346 e. The van der Waals surface area contributed by atoms with Crippen molar-refractivity contribution in [1.29, 1.82) is 0 Å². The Kier molecular flexibility index (Phi) is 4.61. The summed E-state index contributed by atoms with van der Waals surface area (Å²) in [6.45, 7) is 1.96. The van der Waals surface area contributed by atoms with Crippen molar-refractivity contribution in [3.63, 3.8) is 0 Å². The molecule has 0 atom stereocenters. The lowest BCUT2D eigenvalue weighted by atomic mass is 10.1. The van der Waals surface area contributed by atoms with Gasteiger partial charge in [0.15, 0.2) is 0 Å². The molecule has 1 heterocycles. The van der Waals surface area contributed by atoms with Crippen molar-refractivity contribution in [2.24, 2.45) is 0 Å². The SMILES string of the molecule is COc1cccc(-c2cc(C(=O)Nc3ccc(C)cc3)[nH]c(=O)n2)c1. The van der Waals surface area contributed by atoms with Crippen LogP contribution in [0.3, 0.4) is 0 Å². The Balaban J connectivity index is 1.91. The second kappa shape index (κ2) is 7.00. The van der Waals surface area contributed by atoms with Crippen LogP contribution in [0.1, 0.15) is 16.1 Å². The van der Waals surface area contributed by atoms with E-state index in [2.05, 4.69) is 15.3 Å². The Morgan fingerprint density at radius 3 is 2.60 bits per heavy atom. The third-order valence-electron chi connectivity index (χ3n) is 3.66. The number of anilines is 1. The van der Waals surface area contributed by atoms with Crippen LogP contribution in [-0.4, -0.2) is 23.0 Å². The molecule has 0 radical (unpaired) electrons. The highest BCUT2D eigenvalue weighted by atomic mass is 16.5. The molecule has 126 valence electrons. The minimum Gasteiger partial charge on any atom is -0.497 e. The molecular weight excluding hydrogens is 318 g/mol. The zero-order valence-corrected chi connectivity index (χ0v) is 13.9. The van der Waals surface area contributed by atoms with E-state index < -0.39 is 11.6 Å². The fraction of sp³-hybridized carbons (Fsp3) is 0.105. The molecule has 0 unspecified atom stereocenters. The lowest BCUT2D eigenvalue weighted by Gasteiger charge is -2.08. The summed E-state index contributed by atoms with van der Waals surface area (Å²) in [5.41, 5.74) is 2.38. The topological polar surface area (TPSA) is 84.1 Å². The van der Waals surface area contributed by atoms with Crippen LogP contribution in [0.15, 0.2) is 59.4 Å². The van der Waals surface area contributed by atoms with E-state index in [-0.39, 0.29) is 5.69 Å². The van der Waals surface area contributed by atoms with Crippen LogP contribution >= 0.6 is 0 Å². The number of hydrogen-bond donors (Lipinski definition) is 2. The molecule has 25 heavy (non-hydrogen) atoms. The van der Waals surface area contributed by atoms with Gasteiger partial charge in [-0.3, -0.25) is 4.79 Å². The Bertz CT molecular complexity index is 962. The molecule has 0 aliphatic rings. The van der Waals surface area contributed by atoms with E-state index in [0.717, 1.165) is 5.56 Å². The van der Waals surface area contributed by atoms with Gasteiger partial charge >= 0.3 is 5.69 Å². The summed E-state index contributed by atoms with van der Waals surface area (Å²) in [6.07, 6.45) is 0. The van der Waals surface area contributed by atoms with Crippen LogP contribution in [-0.2, 0) is 0 Å². The highest BCUT2D eigenvalue weighted by Crippen LogP contribution is 2.21. The van der Waals surface area contributed by atoms with Crippen molar-refractivity contribution in [2.45, 2.75) is 6.92 Å². The highest BCUT2D eigenvalue weighted by Gasteiger charge is 2.11. The predicted molar refractivity (Wildman–Crippen MR) is 96.0 cm³/mol. The van der Waals surface area contributed by atoms with Gasteiger partial charge in [0, 0.05) is 11.3 Å². The van der Waals surface area contributed by atoms with E-state index in [9.17, 15) is 9.59 Å². The zero-order chi connectivity index (χ0) is 17.8. The normalized spacial score (nSPS) is 10.3. The zero-order valence-electron chi connectivity index (χ0n) is 13.9. The first-order valence-electron chi connectivity index (χ1n) is 7.69. The van der Waals surface area contributed by atoms with Gasteiger partial charge in [0.05, 0.1) is 12.8 Å². The molecule has 1 amide bonds. The van der Waals surface area contributed by atoms with Gasteiger partial charge in [0.25, 0.3) is 5.91 Å². The van der Waals surface area contributed by atoms with Crippen molar-refractivity contribution >= 4 is 11.6 Å². The first kappa shape index (κ1) is 16.4. The van der Waals surface area contributed by atoms with Gasteiger partial charge in [-0.25, -0.2) is 4.79 Å². The Morgan fingerprint density at radius 1 is 1.12 bits per heavy atom. The van der Waals surface area contributed by atoms with E-state index in [4.69, 9.17) is 4.74 Å². The molecule has 0 aliphatic carbocycles. The molecule has 6 heteroatoms. The summed E-state index contributed by atoms with van der Waals surface area (Å²) in [5.74, 6) is 0.234. The third-order valence-corrected chi connectivity index (χ3v) is 3.66. The molecule has 1 aromatic heterocycles. The number of aromatic nitrogens is 2. The van der Waals surface area contributed by atoms with E-state index in [1.165, 1.54) is 0 Å². The van der Waals surface area contributed by atoms with E-state index in [1.807, 2.05) is 19.1 Å². The lowest BCUT2D eigenvalue weighted by Crippen LogP contribution is -2.21. The lowest BCUT2D eigenvalue weighted by molar-refractivity contribution is 0.102. The molecule has 3 rings (SSSR count). The van der Waals surface area contributed by atoms with Gasteiger partial charge in [-0.15, -0.1) is 0 Å². The maximum atomic E-state index is 12.4. The van der Waals surface area contributed by atoms with Crippen LogP contribution in [0.2, 0.25) is 0 Å². The molecule has 3 aromatic rings. The number of carbonyl (C=O) groups excluding carboxylic acids is 1. The summed E-state index contributed by atoms with van der Waals surface area (Å²) in [7, 11) is 1.56. The van der Waals surface area contributed by atoms with Crippen molar-refractivity contribution in [1.82, 2.24) is 9.97 Å². The number of amides is 1. The van der Waals surface area contributed by atoms with Gasteiger partial charge in [-0.05, 0) is 37.3 Å². The smallest absolute Gasteiger partial charge is 0.346 e. The van der Waals surface area contributed by atoms with Crippen molar-refractivity contribution in [2.75, 3.05) is 12.4 Å². The molecule has 0 bridgehead atoms. The average molecular weight is 335 g/mol. The molecular formula is C19H17N3O3. The van der Waals surface area contributed by atoms with Gasteiger partial charge in [-0.2, -0.15) is 4.98 Å². The number of rotatable bonds is 4. The molecule has 0 fully saturated rings. The average Bonchev–Trinajstić information content (AvgIpc) is 2.63. The Labute approximate surface area is 144 Å². The van der Waals surface area contributed by atoms with E-state index >= 15 is 0 Å². The summed E-state index contributed by atoms with van der Waals surface area (Å²) >= 11 is 0. The minimum atomic E-state index is -0.589. The van der Waals surface area contributed by atoms with Gasteiger partial charge in [0.2, 0.25) is 0 Å². The van der Waals surface area contributed by atoms with Crippen LogP contribution < -0.4 is 15.7 Å². The number of ether oxygens (including phenoxy) is 1. The fourth-order valence-electron chi connectivity index (χ4n) is 2.35. The number of hydrogen-bond acceptors (Lipinski definition) is 4. The number of aryl methyl sites for hydroxylation is 1. The molecule has 6 nitrogen and oxygen atoms in total. The van der Waals surface area contributed by atoms with Gasteiger partial charge in [-0.1, -0.05) is 29.8 Å².